The quantitative estimate of drug-likeness (QED) is 0.783. The SMILES string of the molecule is CCc1c(-c2cccnc2)noc1N. The molecule has 14 heavy (non-hydrogen) atoms. The van der Waals surface area contributed by atoms with Crippen LogP contribution in [0.1, 0.15) is 12.5 Å². The summed E-state index contributed by atoms with van der Waals surface area (Å²) in [5.74, 6) is 0.395. The third-order valence-corrected chi connectivity index (χ3v) is 2.11. The summed E-state index contributed by atoms with van der Waals surface area (Å²) >= 11 is 0. The molecule has 0 aliphatic carbocycles. The van der Waals surface area contributed by atoms with Crippen molar-refractivity contribution in [3.8, 4) is 11.3 Å². The van der Waals surface area contributed by atoms with E-state index in [4.69, 9.17) is 10.3 Å². The predicted octanol–water partition coefficient (Wildman–Crippen LogP) is 1.88. The molecule has 4 heteroatoms. The summed E-state index contributed by atoms with van der Waals surface area (Å²) in [5.41, 5.74) is 8.31. The molecule has 0 fully saturated rings. The average molecular weight is 189 g/mol. The molecule has 0 saturated heterocycles. The van der Waals surface area contributed by atoms with E-state index in [0.29, 0.717) is 5.88 Å². The Morgan fingerprint density at radius 1 is 1.50 bits per heavy atom. The van der Waals surface area contributed by atoms with E-state index in [-0.39, 0.29) is 0 Å². The van der Waals surface area contributed by atoms with Crippen molar-refractivity contribution in [3.05, 3.63) is 30.1 Å². The van der Waals surface area contributed by atoms with Crippen LogP contribution in [0.2, 0.25) is 0 Å². The van der Waals surface area contributed by atoms with Crippen LogP contribution < -0.4 is 5.73 Å². The standard InChI is InChI=1S/C10H11N3O/c1-2-8-9(13-14-10(8)11)7-4-3-5-12-6-7/h3-6H,2,11H2,1H3. The van der Waals surface area contributed by atoms with Gasteiger partial charge in [-0.1, -0.05) is 12.1 Å². The number of anilines is 1. The van der Waals surface area contributed by atoms with Crippen molar-refractivity contribution in [2.45, 2.75) is 13.3 Å². The molecule has 0 amide bonds. The van der Waals surface area contributed by atoms with Crippen molar-refractivity contribution in [2.24, 2.45) is 0 Å². The van der Waals surface area contributed by atoms with Crippen LogP contribution >= 0.6 is 0 Å². The second kappa shape index (κ2) is 3.49. The number of nitrogens with zero attached hydrogens (tertiary/aromatic N) is 2. The van der Waals surface area contributed by atoms with E-state index >= 15 is 0 Å². The number of rotatable bonds is 2. The van der Waals surface area contributed by atoms with Crippen LogP contribution in [-0.2, 0) is 6.42 Å². The average Bonchev–Trinajstić information content (AvgIpc) is 2.61. The zero-order valence-corrected chi connectivity index (χ0v) is 7.90. The highest BCUT2D eigenvalue weighted by molar-refractivity contribution is 5.65. The molecular weight excluding hydrogens is 178 g/mol. The molecule has 4 nitrogen and oxygen atoms in total. The molecule has 0 aliphatic rings. The van der Waals surface area contributed by atoms with Gasteiger partial charge in [0, 0.05) is 23.5 Å². The number of hydrogen-bond donors (Lipinski definition) is 1. The van der Waals surface area contributed by atoms with Crippen LogP contribution in [0.15, 0.2) is 29.0 Å². The van der Waals surface area contributed by atoms with Gasteiger partial charge in [0.2, 0.25) is 5.88 Å². The molecule has 2 aromatic heterocycles. The Hall–Kier alpha value is -1.84. The zero-order chi connectivity index (χ0) is 9.97. The summed E-state index contributed by atoms with van der Waals surface area (Å²) in [7, 11) is 0. The van der Waals surface area contributed by atoms with Crippen LogP contribution in [-0.4, -0.2) is 10.1 Å². The van der Waals surface area contributed by atoms with Gasteiger partial charge in [0.15, 0.2) is 0 Å². The number of pyridine rings is 1. The van der Waals surface area contributed by atoms with Crippen molar-refractivity contribution in [1.29, 1.82) is 0 Å². The first-order chi connectivity index (χ1) is 6.83. The second-order valence-electron chi connectivity index (χ2n) is 2.97. The van der Waals surface area contributed by atoms with Crippen molar-refractivity contribution in [1.82, 2.24) is 10.1 Å². The molecule has 2 rings (SSSR count). The van der Waals surface area contributed by atoms with Gasteiger partial charge in [-0.3, -0.25) is 4.98 Å². The van der Waals surface area contributed by atoms with E-state index in [1.54, 1.807) is 12.4 Å². The Morgan fingerprint density at radius 3 is 3.00 bits per heavy atom. The van der Waals surface area contributed by atoms with Crippen molar-refractivity contribution >= 4 is 5.88 Å². The summed E-state index contributed by atoms with van der Waals surface area (Å²) in [6.45, 7) is 2.02. The van der Waals surface area contributed by atoms with Crippen LogP contribution in [0, 0.1) is 0 Å². The Bertz CT molecular complexity index is 422. The molecule has 2 aromatic rings. The van der Waals surface area contributed by atoms with E-state index < -0.39 is 0 Å². The van der Waals surface area contributed by atoms with Gasteiger partial charge >= 0.3 is 0 Å². The third kappa shape index (κ3) is 1.35. The highest BCUT2D eigenvalue weighted by atomic mass is 16.5. The number of aromatic nitrogens is 2. The van der Waals surface area contributed by atoms with Gasteiger partial charge in [0.05, 0.1) is 0 Å². The van der Waals surface area contributed by atoms with Gasteiger partial charge in [-0.25, -0.2) is 0 Å². The largest absolute Gasteiger partial charge is 0.367 e. The predicted molar refractivity (Wildman–Crippen MR) is 53.5 cm³/mol. The highest BCUT2D eigenvalue weighted by Gasteiger charge is 2.12. The first kappa shape index (κ1) is 8.74. The minimum absolute atomic E-state index is 0.395. The van der Waals surface area contributed by atoms with Crippen LogP contribution in [0.5, 0.6) is 0 Å². The second-order valence-corrected chi connectivity index (χ2v) is 2.97. The lowest BCUT2D eigenvalue weighted by atomic mass is 10.1. The fourth-order valence-electron chi connectivity index (χ4n) is 1.39. The van der Waals surface area contributed by atoms with E-state index in [9.17, 15) is 0 Å². The molecule has 0 spiro atoms. The minimum Gasteiger partial charge on any atom is -0.367 e. The van der Waals surface area contributed by atoms with Crippen LogP contribution in [0.3, 0.4) is 0 Å². The maximum absolute atomic E-state index is 5.64. The van der Waals surface area contributed by atoms with Crippen molar-refractivity contribution < 1.29 is 4.52 Å². The molecule has 0 unspecified atom stereocenters. The van der Waals surface area contributed by atoms with E-state index in [2.05, 4.69) is 10.1 Å². The molecule has 72 valence electrons. The van der Waals surface area contributed by atoms with E-state index in [1.807, 2.05) is 19.1 Å². The Morgan fingerprint density at radius 2 is 2.36 bits per heavy atom. The third-order valence-electron chi connectivity index (χ3n) is 2.11. The molecule has 0 aromatic carbocycles. The Balaban J connectivity index is 2.52. The van der Waals surface area contributed by atoms with Crippen LogP contribution in [0.4, 0.5) is 5.88 Å². The molecule has 2 heterocycles. The van der Waals surface area contributed by atoms with Gasteiger partial charge in [-0.2, -0.15) is 0 Å². The number of hydrogen-bond acceptors (Lipinski definition) is 4. The topological polar surface area (TPSA) is 64.9 Å². The summed E-state index contributed by atoms with van der Waals surface area (Å²) in [4.78, 5) is 4.02. The first-order valence-corrected chi connectivity index (χ1v) is 4.47. The lowest BCUT2D eigenvalue weighted by molar-refractivity contribution is 0.438. The summed E-state index contributed by atoms with van der Waals surface area (Å²) in [5, 5.41) is 3.92. The minimum atomic E-state index is 0.395. The molecule has 0 radical (unpaired) electrons. The van der Waals surface area contributed by atoms with Gasteiger partial charge in [-0.05, 0) is 18.6 Å². The van der Waals surface area contributed by atoms with Crippen molar-refractivity contribution in [3.63, 3.8) is 0 Å². The maximum Gasteiger partial charge on any atom is 0.225 e. The van der Waals surface area contributed by atoms with E-state index in [0.717, 1.165) is 23.2 Å². The van der Waals surface area contributed by atoms with Gasteiger partial charge in [0.25, 0.3) is 0 Å². The maximum atomic E-state index is 5.64. The van der Waals surface area contributed by atoms with E-state index in [1.165, 1.54) is 0 Å². The van der Waals surface area contributed by atoms with Gasteiger partial charge in [0.1, 0.15) is 5.69 Å². The fourth-order valence-corrected chi connectivity index (χ4v) is 1.39. The molecule has 0 aliphatic heterocycles. The monoisotopic (exact) mass is 189 g/mol. The van der Waals surface area contributed by atoms with Crippen LogP contribution in [0.25, 0.3) is 11.3 Å². The molecule has 0 atom stereocenters. The number of nitrogens with two attached hydrogens (primary N) is 1. The molecule has 0 saturated carbocycles. The van der Waals surface area contributed by atoms with Gasteiger partial charge in [-0.15, -0.1) is 0 Å². The number of nitrogen functional groups attached to an aromatic ring is 1. The Kier molecular flexibility index (Phi) is 2.18. The molecule has 0 bridgehead atoms. The normalized spacial score (nSPS) is 10.4. The lowest BCUT2D eigenvalue weighted by Crippen LogP contribution is -1.90. The Labute approximate surface area is 81.7 Å². The first-order valence-electron chi connectivity index (χ1n) is 4.47. The zero-order valence-electron chi connectivity index (χ0n) is 7.90. The molecular formula is C10H11N3O. The van der Waals surface area contributed by atoms with Crippen molar-refractivity contribution in [2.75, 3.05) is 5.73 Å². The highest BCUT2D eigenvalue weighted by Crippen LogP contribution is 2.26. The summed E-state index contributed by atoms with van der Waals surface area (Å²) in [6, 6.07) is 3.79. The molecule has 2 N–H and O–H groups in total. The lowest BCUT2D eigenvalue weighted by Gasteiger charge is -1.97. The smallest absolute Gasteiger partial charge is 0.225 e. The fraction of sp³-hybridized carbons (Fsp3) is 0.200. The summed E-state index contributed by atoms with van der Waals surface area (Å²) in [6.07, 6.45) is 4.27. The van der Waals surface area contributed by atoms with Gasteiger partial charge < -0.3 is 10.3 Å². The summed E-state index contributed by atoms with van der Waals surface area (Å²) < 4.78 is 4.94.